The Hall–Kier alpha value is -1.51. The first-order chi connectivity index (χ1) is 10.1. The molecule has 1 heterocycles. The zero-order valence-corrected chi connectivity index (χ0v) is 13.2. The number of hydrogen-bond donors (Lipinski definition) is 1. The first-order valence-corrected chi connectivity index (χ1v) is 7.74. The fraction of sp³-hybridized carbons (Fsp3) is 0.333. The van der Waals surface area contributed by atoms with Crippen LogP contribution in [0.3, 0.4) is 0 Å². The molecule has 0 fully saturated rings. The second-order valence-corrected chi connectivity index (χ2v) is 6.17. The number of aryl methyl sites for hydroxylation is 1. The standard InChI is InChI=1S/C18H20ClNO/c1-12-3-5-14(6-4-12)13(2)20-11-17-10-15-9-16(19)7-8-18(15)21-17/h3-9,13,17,20H,10-11H2,1-2H3/t13-,17?/m0/s1. The Bertz CT molecular complexity index is 624. The summed E-state index contributed by atoms with van der Waals surface area (Å²) >= 11 is 6.02. The predicted molar refractivity (Wildman–Crippen MR) is 87.2 cm³/mol. The summed E-state index contributed by atoms with van der Waals surface area (Å²) in [6.45, 7) is 5.13. The second kappa shape index (κ2) is 6.08. The lowest BCUT2D eigenvalue weighted by Crippen LogP contribution is -2.31. The van der Waals surface area contributed by atoms with Gasteiger partial charge in [0.15, 0.2) is 0 Å². The van der Waals surface area contributed by atoms with Crippen LogP contribution in [0.1, 0.15) is 29.7 Å². The highest BCUT2D eigenvalue weighted by atomic mass is 35.5. The third-order valence-corrected chi connectivity index (χ3v) is 4.23. The second-order valence-electron chi connectivity index (χ2n) is 5.74. The highest BCUT2D eigenvalue weighted by molar-refractivity contribution is 6.30. The molecule has 2 nitrogen and oxygen atoms in total. The van der Waals surface area contributed by atoms with Crippen LogP contribution in [0.2, 0.25) is 5.02 Å². The van der Waals surface area contributed by atoms with Crippen molar-refractivity contribution in [2.24, 2.45) is 0 Å². The van der Waals surface area contributed by atoms with Gasteiger partial charge in [-0.15, -0.1) is 0 Å². The summed E-state index contributed by atoms with van der Waals surface area (Å²) in [5, 5.41) is 4.33. The highest BCUT2D eigenvalue weighted by Gasteiger charge is 2.23. The summed E-state index contributed by atoms with van der Waals surface area (Å²) in [6.07, 6.45) is 1.11. The molecule has 110 valence electrons. The van der Waals surface area contributed by atoms with Gasteiger partial charge in [-0.1, -0.05) is 41.4 Å². The van der Waals surface area contributed by atoms with Crippen molar-refractivity contribution in [2.75, 3.05) is 6.54 Å². The van der Waals surface area contributed by atoms with Crippen LogP contribution in [-0.4, -0.2) is 12.6 Å². The van der Waals surface area contributed by atoms with Crippen molar-refractivity contribution in [1.29, 1.82) is 0 Å². The van der Waals surface area contributed by atoms with E-state index >= 15 is 0 Å². The van der Waals surface area contributed by atoms with Crippen LogP contribution in [0.15, 0.2) is 42.5 Å². The molecule has 2 atom stereocenters. The number of ether oxygens (including phenoxy) is 1. The monoisotopic (exact) mass is 301 g/mol. The Morgan fingerprint density at radius 1 is 1.24 bits per heavy atom. The first-order valence-electron chi connectivity index (χ1n) is 7.37. The molecule has 1 N–H and O–H groups in total. The van der Waals surface area contributed by atoms with Crippen molar-refractivity contribution < 1.29 is 4.74 Å². The molecule has 0 amide bonds. The van der Waals surface area contributed by atoms with E-state index in [1.807, 2.05) is 18.2 Å². The van der Waals surface area contributed by atoms with Crippen LogP contribution in [0.4, 0.5) is 0 Å². The lowest BCUT2D eigenvalue weighted by molar-refractivity contribution is 0.222. The Morgan fingerprint density at radius 2 is 2.00 bits per heavy atom. The van der Waals surface area contributed by atoms with E-state index in [4.69, 9.17) is 16.3 Å². The van der Waals surface area contributed by atoms with E-state index in [0.717, 1.165) is 23.7 Å². The molecule has 0 aromatic heterocycles. The van der Waals surface area contributed by atoms with Gasteiger partial charge >= 0.3 is 0 Å². The minimum atomic E-state index is 0.186. The molecule has 1 aliphatic rings. The molecular weight excluding hydrogens is 282 g/mol. The summed E-state index contributed by atoms with van der Waals surface area (Å²) < 4.78 is 5.95. The van der Waals surface area contributed by atoms with Crippen LogP contribution in [0.25, 0.3) is 0 Å². The van der Waals surface area contributed by atoms with E-state index < -0.39 is 0 Å². The van der Waals surface area contributed by atoms with E-state index in [1.54, 1.807) is 0 Å². The summed E-state index contributed by atoms with van der Waals surface area (Å²) in [5.74, 6) is 0.967. The van der Waals surface area contributed by atoms with Gasteiger partial charge in [-0.25, -0.2) is 0 Å². The molecule has 0 saturated heterocycles. The topological polar surface area (TPSA) is 21.3 Å². The van der Waals surface area contributed by atoms with Crippen molar-refractivity contribution in [1.82, 2.24) is 5.32 Å². The summed E-state index contributed by atoms with van der Waals surface area (Å²) in [7, 11) is 0. The van der Waals surface area contributed by atoms with Crippen LogP contribution in [-0.2, 0) is 6.42 Å². The molecule has 0 spiro atoms. The van der Waals surface area contributed by atoms with E-state index in [-0.39, 0.29) is 6.10 Å². The maximum atomic E-state index is 6.02. The summed E-state index contributed by atoms with van der Waals surface area (Å²) in [5.41, 5.74) is 3.80. The summed E-state index contributed by atoms with van der Waals surface area (Å²) in [6, 6.07) is 14.8. The predicted octanol–water partition coefficient (Wildman–Crippen LogP) is 4.30. The van der Waals surface area contributed by atoms with E-state index in [9.17, 15) is 0 Å². The van der Waals surface area contributed by atoms with Crippen molar-refractivity contribution in [3.8, 4) is 5.75 Å². The third-order valence-electron chi connectivity index (χ3n) is 3.99. The molecule has 3 rings (SSSR count). The molecule has 1 unspecified atom stereocenters. The van der Waals surface area contributed by atoms with Gasteiger partial charge in [0, 0.05) is 24.0 Å². The van der Waals surface area contributed by atoms with E-state index in [2.05, 4.69) is 43.4 Å². The van der Waals surface area contributed by atoms with Gasteiger partial charge in [0.1, 0.15) is 11.9 Å². The third kappa shape index (κ3) is 3.39. The van der Waals surface area contributed by atoms with E-state index in [0.29, 0.717) is 6.04 Å². The van der Waals surface area contributed by atoms with Crippen LogP contribution in [0, 0.1) is 6.92 Å². The zero-order valence-electron chi connectivity index (χ0n) is 12.4. The molecule has 0 bridgehead atoms. The van der Waals surface area contributed by atoms with Gasteiger partial charge in [0.25, 0.3) is 0 Å². The van der Waals surface area contributed by atoms with Gasteiger partial charge in [0.2, 0.25) is 0 Å². The maximum Gasteiger partial charge on any atom is 0.123 e. The van der Waals surface area contributed by atoms with Gasteiger partial charge in [-0.2, -0.15) is 0 Å². The Morgan fingerprint density at radius 3 is 2.76 bits per heavy atom. The lowest BCUT2D eigenvalue weighted by atomic mass is 10.1. The average Bonchev–Trinajstić information content (AvgIpc) is 2.87. The largest absolute Gasteiger partial charge is 0.488 e. The normalized spacial score (nSPS) is 18.1. The Balaban J connectivity index is 1.56. The minimum Gasteiger partial charge on any atom is -0.488 e. The molecule has 0 saturated carbocycles. The Kier molecular flexibility index (Phi) is 4.18. The van der Waals surface area contributed by atoms with Crippen molar-refractivity contribution in [3.63, 3.8) is 0 Å². The molecular formula is C18H20ClNO. The fourth-order valence-corrected chi connectivity index (χ4v) is 2.88. The van der Waals surface area contributed by atoms with Crippen molar-refractivity contribution in [3.05, 3.63) is 64.2 Å². The molecule has 2 aromatic rings. The smallest absolute Gasteiger partial charge is 0.123 e. The van der Waals surface area contributed by atoms with Crippen molar-refractivity contribution in [2.45, 2.75) is 32.4 Å². The number of rotatable bonds is 4. The molecule has 2 aromatic carbocycles. The average molecular weight is 302 g/mol. The number of nitrogens with one attached hydrogen (secondary N) is 1. The molecule has 3 heteroatoms. The number of benzene rings is 2. The van der Waals surface area contributed by atoms with Gasteiger partial charge < -0.3 is 10.1 Å². The fourth-order valence-electron chi connectivity index (χ4n) is 2.68. The number of hydrogen-bond acceptors (Lipinski definition) is 2. The minimum absolute atomic E-state index is 0.186. The van der Waals surface area contributed by atoms with Gasteiger partial charge in [-0.3, -0.25) is 0 Å². The maximum absolute atomic E-state index is 6.02. The molecule has 1 aliphatic heterocycles. The quantitative estimate of drug-likeness (QED) is 0.909. The SMILES string of the molecule is Cc1ccc([C@H](C)NCC2Cc3cc(Cl)ccc3O2)cc1. The molecule has 21 heavy (non-hydrogen) atoms. The first kappa shape index (κ1) is 14.4. The highest BCUT2D eigenvalue weighted by Crippen LogP contribution is 2.31. The van der Waals surface area contributed by atoms with Crippen LogP contribution < -0.4 is 10.1 Å². The number of halogens is 1. The summed E-state index contributed by atoms with van der Waals surface area (Å²) in [4.78, 5) is 0. The van der Waals surface area contributed by atoms with Crippen LogP contribution in [0.5, 0.6) is 5.75 Å². The Labute approximate surface area is 131 Å². The molecule has 0 radical (unpaired) electrons. The van der Waals surface area contributed by atoms with Crippen LogP contribution >= 0.6 is 11.6 Å². The molecule has 0 aliphatic carbocycles. The number of fused-ring (bicyclic) bond motifs is 1. The lowest BCUT2D eigenvalue weighted by Gasteiger charge is -2.18. The van der Waals surface area contributed by atoms with E-state index in [1.165, 1.54) is 16.7 Å². The van der Waals surface area contributed by atoms with Gasteiger partial charge in [0.05, 0.1) is 0 Å². The zero-order chi connectivity index (χ0) is 14.8. The van der Waals surface area contributed by atoms with Gasteiger partial charge in [-0.05, 0) is 43.2 Å². The van der Waals surface area contributed by atoms with Crippen molar-refractivity contribution >= 4 is 11.6 Å².